The summed E-state index contributed by atoms with van der Waals surface area (Å²) in [6.45, 7) is 0. The molecule has 1 N–H and O–H groups in total. The van der Waals surface area contributed by atoms with E-state index >= 15 is 0 Å². The van der Waals surface area contributed by atoms with Crippen molar-refractivity contribution in [2.24, 2.45) is 0 Å². The van der Waals surface area contributed by atoms with E-state index < -0.39 is 12.1 Å². The van der Waals surface area contributed by atoms with Crippen molar-refractivity contribution in [2.45, 2.75) is 6.18 Å². The first-order valence-corrected chi connectivity index (χ1v) is 4.89. The highest BCUT2D eigenvalue weighted by molar-refractivity contribution is 5.79. The number of rotatable bonds is 0. The van der Waals surface area contributed by atoms with Crippen molar-refractivity contribution in [2.75, 3.05) is 0 Å². The average molecular weight is 268 g/mol. The van der Waals surface area contributed by atoms with Crippen molar-refractivity contribution in [1.82, 2.24) is 4.98 Å². The fourth-order valence-electron chi connectivity index (χ4n) is 1.13. The molecule has 0 aliphatic heterocycles. The molecule has 0 bridgehead atoms. The van der Waals surface area contributed by atoms with Gasteiger partial charge in [0, 0.05) is 11.6 Å². The Morgan fingerprint density at radius 3 is 2.42 bits per heavy atom. The van der Waals surface area contributed by atoms with Crippen LogP contribution < -0.4 is 0 Å². The number of carboxylic acid groups (broad SMARTS) is 1. The Morgan fingerprint density at radius 1 is 1.32 bits per heavy atom. The zero-order valence-electron chi connectivity index (χ0n) is 9.35. The molecule has 4 nitrogen and oxygen atoms in total. The van der Waals surface area contributed by atoms with Crippen molar-refractivity contribution in [3.8, 4) is 6.07 Å². The summed E-state index contributed by atoms with van der Waals surface area (Å²) in [7, 11) is 0. The normalized spacial score (nSPS) is 10.2. The molecule has 7 heteroatoms. The summed E-state index contributed by atoms with van der Waals surface area (Å²) in [4.78, 5) is 13.0. The maximum atomic E-state index is 10.6. The third-order valence-electron chi connectivity index (χ3n) is 1.96. The van der Waals surface area contributed by atoms with Crippen LogP contribution in [0.15, 0.2) is 36.5 Å². The van der Waals surface area contributed by atoms with Gasteiger partial charge in [-0.3, -0.25) is 4.98 Å². The van der Waals surface area contributed by atoms with E-state index in [2.05, 4.69) is 11.1 Å². The van der Waals surface area contributed by atoms with Gasteiger partial charge in [0.1, 0.15) is 6.07 Å². The van der Waals surface area contributed by atoms with Gasteiger partial charge in [0.25, 0.3) is 0 Å². The monoisotopic (exact) mass is 268 g/mol. The van der Waals surface area contributed by atoms with E-state index in [4.69, 9.17) is 15.2 Å². The molecule has 1 aromatic carbocycles. The number of hydrogen-bond donors (Lipinski definition) is 1. The van der Waals surface area contributed by atoms with Crippen LogP contribution in [0.3, 0.4) is 0 Å². The topological polar surface area (TPSA) is 74.0 Å². The van der Waals surface area contributed by atoms with Crippen LogP contribution in [0.1, 0.15) is 5.56 Å². The largest absolute Gasteiger partial charge is 0.490 e. The van der Waals surface area contributed by atoms with E-state index in [1.54, 1.807) is 6.20 Å². The lowest BCUT2D eigenvalue weighted by Crippen LogP contribution is -2.21. The fourth-order valence-corrected chi connectivity index (χ4v) is 1.13. The van der Waals surface area contributed by atoms with Gasteiger partial charge >= 0.3 is 12.1 Å². The van der Waals surface area contributed by atoms with Gasteiger partial charge < -0.3 is 5.11 Å². The Kier molecular flexibility index (Phi) is 4.42. The summed E-state index contributed by atoms with van der Waals surface area (Å²) in [6, 6.07) is 11.6. The number of carboxylic acids is 1. The molecule has 1 aromatic heterocycles. The fraction of sp³-hybridized carbons (Fsp3) is 0.0833. The summed E-state index contributed by atoms with van der Waals surface area (Å²) >= 11 is 0. The number of halogens is 3. The molecule has 0 radical (unpaired) electrons. The number of hydrogen-bond acceptors (Lipinski definition) is 3. The molecular weight excluding hydrogens is 261 g/mol. The van der Waals surface area contributed by atoms with Gasteiger partial charge in [0.05, 0.1) is 11.1 Å². The lowest BCUT2D eigenvalue weighted by molar-refractivity contribution is -0.192. The van der Waals surface area contributed by atoms with E-state index in [0.29, 0.717) is 5.56 Å². The van der Waals surface area contributed by atoms with Crippen molar-refractivity contribution >= 4 is 16.9 Å². The van der Waals surface area contributed by atoms with Crippen molar-refractivity contribution in [3.63, 3.8) is 0 Å². The molecule has 2 rings (SSSR count). The molecule has 0 amide bonds. The highest BCUT2D eigenvalue weighted by Gasteiger charge is 2.38. The number of pyridine rings is 1. The van der Waals surface area contributed by atoms with E-state index in [-0.39, 0.29) is 0 Å². The lowest BCUT2D eigenvalue weighted by Gasteiger charge is -1.94. The van der Waals surface area contributed by atoms with E-state index in [1.165, 1.54) is 0 Å². The minimum atomic E-state index is -5.08. The van der Waals surface area contributed by atoms with Gasteiger partial charge in [0.2, 0.25) is 0 Å². The predicted molar refractivity (Wildman–Crippen MR) is 60.1 cm³/mol. The summed E-state index contributed by atoms with van der Waals surface area (Å²) in [5.74, 6) is -2.76. The first kappa shape index (κ1) is 14.4. The number of nitrogens with zero attached hydrogens (tertiary/aromatic N) is 2. The zero-order valence-corrected chi connectivity index (χ0v) is 9.35. The van der Waals surface area contributed by atoms with Crippen LogP contribution in [0.4, 0.5) is 13.2 Å². The van der Waals surface area contributed by atoms with Crippen LogP contribution in [0.2, 0.25) is 0 Å². The smallest absolute Gasteiger partial charge is 0.475 e. The standard InChI is InChI=1S/C10H6N2.C2HF3O2/c11-6-8-5-9-3-1-2-4-10(9)12-7-8;3-2(4,5)1(6)7/h1-5,7H;(H,6,7). The van der Waals surface area contributed by atoms with Gasteiger partial charge in [-0.2, -0.15) is 18.4 Å². The van der Waals surface area contributed by atoms with Gasteiger partial charge in [-0.15, -0.1) is 0 Å². The van der Waals surface area contributed by atoms with Crippen molar-refractivity contribution < 1.29 is 23.1 Å². The van der Waals surface area contributed by atoms with Crippen molar-refractivity contribution in [1.29, 1.82) is 5.26 Å². The molecule has 0 unspecified atom stereocenters. The lowest BCUT2D eigenvalue weighted by atomic mass is 10.2. The Morgan fingerprint density at radius 2 is 1.89 bits per heavy atom. The van der Waals surface area contributed by atoms with Gasteiger partial charge in [-0.25, -0.2) is 4.79 Å². The molecule has 2 aromatic rings. The summed E-state index contributed by atoms with van der Waals surface area (Å²) in [6.07, 6.45) is -3.50. The molecule has 0 spiro atoms. The number of fused-ring (bicyclic) bond motifs is 1. The molecular formula is C12H7F3N2O2. The average Bonchev–Trinajstić information content (AvgIpc) is 2.37. The van der Waals surface area contributed by atoms with E-state index in [0.717, 1.165) is 10.9 Å². The van der Waals surface area contributed by atoms with Gasteiger partial charge in [-0.1, -0.05) is 18.2 Å². The number of carbonyl (C=O) groups is 1. The molecule has 0 aliphatic carbocycles. The number of para-hydroxylation sites is 1. The number of benzene rings is 1. The van der Waals surface area contributed by atoms with E-state index in [1.807, 2.05) is 30.3 Å². The summed E-state index contributed by atoms with van der Waals surface area (Å²) < 4.78 is 31.7. The second-order valence-electron chi connectivity index (χ2n) is 3.33. The number of aromatic nitrogens is 1. The summed E-state index contributed by atoms with van der Waals surface area (Å²) in [5, 5.41) is 16.7. The minimum absolute atomic E-state index is 0.605. The highest BCUT2D eigenvalue weighted by atomic mass is 19.4. The Hall–Kier alpha value is -2.62. The third kappa shape index (κ3) is 4.27. The third-order valence-corrected chi connectivity index (χ3v) is 1.96. The van der Waals surface area contributed by atoms with Crippen LogP contribution >= 0.6 is 0 Å². The Balaban J connectivity index is 0.000000224. The van der Waals surface area contributed by atoms with Crippen LogP contribution in [-0.2, 0) is 4.79 Å². The zero-order chi connectivity index (χ0) is 14.5. The van der Waals surface area contributed by atoms with Crippen molar-refractivity contribution in [3.05, 3.63) is 42.1 Å². The first-order valence-electron chi connectivity index (χ1n) is 4.89. The molecule has 0 aliphatic rings. The summed E-state index contributed by atoms with van der Waals surface area (Å²) in [5.41, 5.74) is 1.53. The SMILES string of the molecule is N#Cc1cnc2ccccc2c1.O=C(O)C(F)(F)F. The number of aliphatic carboxylic acids is 1. The van der Waals surface area contributed by atoms with Crippen LogP contribution in [0, 0.1) is 11.3 Å². The molecule has 0 atom stereocenters. The number of nitriles is 1. The van der Waals surface area contributed by atoms with Crippen LogP contribution in [-0.4, -0.2) is 22.2 Å². The van der Waals surface area contributed by atoms with Crippen LogP contribution in [0.5, 0.6) is 0 Å². The second-order valence-corrected chi connectivity index (χ2v) is 3.33. The Bertz CT molecular complexity index is 633. The molecule has 0 fully saturated rings. The predicted octanol–water partition coefficient (Wildman–Crippen LogP) is 2.74. The van der Waals surface area contributed by atoms with Gasteiger partial charge in [0.15, 0.2) is 0 Å². The maximum Gasteiger partial charge on any atom is 0.490 e. The highest BCUT2D eigenvalue weighted by Crippen LogP contribution is 2.13. The molecule has 0 saturated heterocycles. The number of alkyl halides is 3. The molecule has 0 saturated carbocycles. The molecule has 1 heterocycles. The minimum Gasteiger partial charge on any atom is -0.475 e. The second kappa shape index (κ2) is 5.82. The first-order chi connectivity index (χ1) is 8.84. The van der Waals surface area contributed by atoms with Crippen LogP contribution in [0.25, 0.3) is 10.9 Å². The molecule has 98 valence electrons. The molecule has 19 heavy (non-hydrogen) atoms. The quantitative estimate of drug-likeness (QED) is 0.797. The Labute approximate surface area is 105 Å². The van der Waals surface area contributed by atoms with E-state index in [9.17, 15) is 13.2 Å². The van der Waals surface area contributed by atoms with Gasteiger partial charge in [-0.05, 0) is 12.1 Å². The maximum absolute atomic E-state index is 10.6.